The maximum atomic E-state index is 11.0. The van der Waals surface area contributed by atoms with Crippen LogP contribution in [0, 0.1) is 5.92 Å². The Bertz CT molecular complexity index is 452. The van der Waals surface area contributed by atoms with E-state index in [1.807, 2.05) is 6.20 Å². The maximum Gasteiger partial charge on any atom is 0.306 e. The summed E-state index contributed by atoms with van der Waals surface area (Å²) < 4.78 is 2.29. The zero-order valence-electron chi connectivity index (χ0n) is 11.0. The number of aliphatic carboxylic acids is 1. The fraction of sp³-hybridized carbons (Fsp3) is 0.714. The smallest absolute Gasteiger partial charge is 0.306 e. The lowest BCUT2D eigenvalue weighted by molar-refractivity contribution is -0.142. The lowest BCUT2D eigenvalue weighted by Crippen LogP contribution is -2.26. The van der Waals surface area contributed by atoms with Gasteiger partial charge in [0.2, 0.25) is 0 Å². The quantitative estimate of drug-likeness (QED) is 0.908. The Morgan fingerprint density at radius 1 is 1.26 bits per heavy atom. The number of carboxylic acid groups (broad SMARTS) is 1. The molecular formula is C14H21ClN2O2. The van der Waals surface area contributed by atoms with Gasteiger partial charge in [-0.1, -0.05) is 19.3 Å². The first kappa shape index (κ1) is 14.4. The van der Waals surface area contributed by atoms with Crippen molar-refractivity contribution in [1.29, 1.82) is 0 Å². The molecule has 1 aromatic heterocycles. The monoisotopic (exact) mass is 284 g/mol. The molecule has 1 unspecified atom stereocenters. The van der Waals surface area contributed by atoms with Crippen LogP contribution >= 0.6 is 12.4 Å². The molecular weight excluding hydrogens is 264 g/mol. The second-order valence-corrected chi connectivity index (χ2v) is 5.62. The average Bonchev–Trinajstić information content (AvgIpc) is 2.82. The van der Waals surface area contributed by atoms with Gasteiger partial charge in [-0.15, -0.1) is 12.4 Å². The van der Waals surface area contributed by atoms with Gasteiger partial charge in [-0.3, -0.25) is 4.79 Å². The van der Waals surface area contributed by atoms with Gasteiger partial charge in [0, 0.05) is 30.8 Å². The van der Waals surface area contributed by atoms with Crippen LogP contribution in [0.2, 0.25) is 0 Å². The Hall–Kier alpha value is -1.03. The Morgan fingerprint density at radius 2 is 2.00 bits per heavy atom. The maximum absolute atomic E-state index is 11.0. The second-order valence-electron chi connectivity index (χ2n) is 5.62. The summed E-state index contributed by atoms with van der Waals surface area (Å²) in [5.41, 5.74) is 1.12. The summed E-state index contributed by atoms with van der Waals surface area (Å²) >= 11 is 0. The minimum atomic E-state index is -0.665. The molecule has 1 aliphatic heterocycles. The van der Waals surface area contributed by atoms with Crippen molar-refractivity contribution in [2.75, 3.05) is 0 Å². The van der Waals surface area contributed by atoms with E-state index < -0.39 is 5.97 Å². The minimum Gasteiger partial charge on any atom is -0.481 e. The molecule has 19 heavy (non-hydrogen) atoms. The van der Waals surface area contributed by atoms with Gasteiger partial charge in [0.1, 0.15) is 5.82 Å². The lowest BCUT2D eigenvalue weighted by Gasteiger charge is -2.26. The van der Waals surface area contributed by atoms with E-state index in [0.717, 1.165) is 18.7 Å². The third-order valence-electron chi connectivity index (χ3n) is 4.45. The van der Waals surface area contributed by atoms with Crippen molar-refractivity contribution in [2.45, 2.75) is 57.4 Å². The normalized spacial score (nSPS) is 23.5. The van der Waals surface area contributed by atoms with Crippen LogP contribution in [0.25, 0.3) is 0 Å². The highest BCUT2D eigenvalue weighted by molar-refractivity contribution is 5.85. The van der Waals surface area contributed by atoms with Gasteiger partial charge in [0.15, 0.2) is 0 Å². The zero-order valence-corrected chi connectivity index (χ0v) is 11.9. The van der Waals surface area contributed by atoms with E-state index in [1.165, 1.54) is 37.9 Å². The van der Waals surface area contributed by atoms with Crippen LogP contribution < -0.4 is 0 Å². The molecule has 1 aliphatic carbocycles. The van der Waals surface area contributed by atoms with Crippen molar-refractivity contribution in [1.82, 2.24) is 9.55 Å². The largest absolute Gasteiger partial charge is 0.481 e. The molecule has 1 aromatic rings. The third kappa shape index (κ3) is 2.78. The fourth-order valence-electron chi connectivity index (χ4n) is 3.39. The summed E-state index contributed by atoms with van der Waals surface area (Å²) in [5, 5.41) is 9.09. The van der Waals surface area contributed by atoms with Crippen LogP contribution in [0.5, 0.6) is 0 Å². The van der Waals surface area contributed by atoms with Gasteiger partial charge in [-0.05, 0) is 19.3 Å². The van der Waals surface area contributed by atoms with E-state index in [-0.39, 0.29) is 18.3 Å². The molecule has 2 heterocycles. The molecule has 0 aromatic carbocycles. The molecule has 106 valence electrons. The molecule has 1 atom stereocenters. The van der Waals surface area contributed by atoms with Crippen LogP contribution in [-0.4, -0.2) is 20.6 Å². The Morgan fingerprint density at radius 3 is 2.68 bits per heavy atom. The fourth-order valence-corrected chi connectivity index (χ4v) is 3.39. The zero-order chi connectivity index (χ0) is 12.5. The predicted octanol–water partition coefficient (Wildman–Crippen LogP) is 3.00. The van der Waals surface area contributed by atoms with Crippen molar-refractivity contribution < 1.29 is 9.90 Å². The molecule has 4 nitrogen and oxygen atoms in total. The summed E-state index contributed by atoms with van der Waals surface area (Å²) in [6.45, 7) is 0.831. The van der Waals surface area contributed by atoms with Crippen LogP contribution in [0.1, 0.15) is 56.0 Å². The van der Waals surface area contributed by atoms with Crippen molar-refractivity contribution in [2.24, 2.45) is 5.92 Å². The van der Waals surface area contributed by atoms with E-state index in [2.05, 4.69) is 9.55 Å². The summed E-state index contributed by atoms with van der Waals surface area (Å²) in [6.07, 6.45) is 9.77. The van der Waals surface area contributed by atoms with Crippen molar-refractivity contribution >= 4 is 18.4 Å². The molecule has 1 saturated carbocycles. The Labute approximate surface area is 119 Å². The molecule has 3 rings (SSSR count). The number of aromatic nitrogens is 2. The van der Waals surface area contributed by atoms with E-state index in [9.17, 15) is 4.79 Å². The second kappa shape index (κ2) is 5.95. The van der Waals surface area contributed by atoms with Gasteiger partial charge in [0.05, 0.1) is 5.92 Å². The number of rotatable bonds is 2. The average molecular weight is 285 g/mol. The SMILES string of the molecule is Cl.O=C(O)C1CCn2c(cnc2C2CCCCC2)C1. The minimum absolute atomic E-state index is 0. The Kier molecular flexibility index (Phi) is 4.50. The number of halogens is 1. The number of imidazole rings is 1. The number of nitrogens with zero attached hydrogens (tertiary/aromatic N) is 2. The van der Waals surface area contributed by atoms with Crippen LogP contribution in [0.4, 0.5) is 0 Å². The van der Waals surface area contributed by atoms with Crippen molar-refractivity contribution in [3.63, 3.8) is 0 Å². The van der Waals surface area contributed by atoms with E-state index in [4.69, 9.17) is 5.11 Å². The topological polar surface area (TPSA) is 55.1 Å². The molecule has 2 aliphatic rings. The van der Waals surface area contributed by atoms with Gasteiger partial charge in [-0.2, -0.15) is 0 Å². The van der Waals surface area contributed by atoms with E-state index >= 15 is 0 Å². The highest BCUT2D eigenvalue weighted by atomic mass is 35.5. The predicted molar refractivity (Wildman–Crippen MR) is 74.7 cm³/mol. The molecule has 0 spiro atoms. The molecule has 0 amide bonds. The van der Waals surface area contributed by atoms with Crippen LogP contribution in [0.3, 0.4) is 0 Å². The molecule has 0 radical (unpaired) electrons. The van der Waals surface area contributed by atoms with E-state index in [1.54, 1.807) is 0 Å². The van der Waals surface area contributed by atoms with Crippen molar-refractivity contribution in [3.8, 4) is 0 Å². The third-order valence-corrected chi connectivity index (χ3v) is 4.45. The molecule has 0 bridgehead atoms. The summed E-state index contributed by atoms with van der Waals surface area (Å²) in [5.74, 6) is 0.942. The number of hydrogen-bond acceptors (Lipinski definition) is 2. The first-order valence-electron chi connectivity index (χ1n) is 7.03. The molecule has 1 N–H and O–H groups in total. The highest BCUT2D eigenvalue weighted by Crippen LogP contribution is 2.34. The first-order chi connectivity index (χ1) is 8.75. The van der Waals surface area contributed by atoms with Gasteiger partial charge in [-0.25, -0.2) is 4.98 Å². The molecule has 0 saturated heterocycles. The standard InChI is InChI=1S/C14H20N2O2.ClH/c17-14(18)11-6-7-16-12(8-11)9-15-13(16)10-4-2-1-3-5-10;/h9-11H,1-8H2,(H,17,18);1H. The number of hydrogen-bond donors (Lipinski definition) is 1. The number of carboxylic acids is 1. The molecule has 5 heteroatoms. The number of fused-ring (bicyclic) bond motifs is 1. The van der Waals surface area contributed by atoms with Gasteiger partial charge in [0.25, 0.3) is 0 Å². The highest BCUT2D eigenvalue weighted by Gasteiger charge is 2.28. The number of carbonyl (C=O) groups is 1. The Balaban J connectivity index is 0.00000133. The summed E-state index contributed by atoms with van der Waals surface area (Å²) in [6, 6.07) is 0. The summed E-state index contributed by atoms with van der Waals surface area (Å²) in [7, 11) is 0. The van der Waals surface area contributed by atoms with Gasteiger partial charge < -0.3 is 9.67 Å². The first-order valence-corrected chi connectivity index (χ1v) is 7.03. The molecule has 1 fully saturated rings. The lowest BCUT2D eigenvalue weighted by atomic mass is 9.88. The van der Waals surface area contributed by atoms with Crippen LogP contribution in [-0.2, 0) is 17.8 Å². The summed E-state index contributed by atoms with van der Waals surface area (Å²) in [4.78, 5) is 15.6. The van der Waals surface area contributed by atoms with E-state index in [0.29, 0.717) is 12.3 Å². The van der Waals surface area contributed by atoms with Crippen LogP contribution in [0.15, 0.2) is 6.20 Å². The van der Waals surface area contributed by atoms with Crippen molar-refractivity contribution in [3.05, 3.63) is 17.7 Å². The van der Waals surface area contributed by atoms with Gasteiger partial charge >= 0.3 is 5.97 Å².